The zero-order valence-electron chi connectivity index (χ0n) is 17.8. The van der Waals surface area contributed by atoms with Gasteiger partial charge in [-0.25, -0.2) is 4.79 Å². The van der Waals surface area contributed by atoms with Gasteiger partial charge < -0.3 is 14.6 Å². The first-order valence-corrected chi connectivity index (χ1v) is 9.67. The van der Waals surface area contributed by atoms with Gasteiger partial charge in [-0.3, -0.25) is 9.69 Å². The quantitative estimate of drug-likeness (QED) is 0.591. The number of hydrogen-bond acceptors (Lipinski definition) is 5. The van der Waals surface area contributed by atoms with E-state index in [2.05, 4.69) is 0 Å². The average Bonchev–Trinajstić information content (AvgIpc) is 2.95. The van der Waals surface area contributed by atoms with Crippen LogP contribution in [-0.2, 0) is 14.3 Å². The summed E-state index contributed by atoms with van der Waals surface area (Å²) in [6.07, 6.45) is 1.61. The van der Waals surface area contributed by atoms with Crippen molar-refractivity contribution in [3.8, 4) is 11.5 Å². The van der Waals surface area contributed by atoms with Gasteiger partial charge in [-0.1, -0.05) is 12.1 Å². The normalized spacial score (nSPS) is 15.2. The molecule has 30 heavy (non-hydrogen) atoms. The Kier molecular flexibility index (Phi) is 5.96. The van der Waals surface area contributed by atoms with Crippen molar-refractivity contribution in [3.05, 3.63) is 69.9 Å². The summed E-state index contributed by atoms with van der Waals surface area (Å²) >= 11 is 0. The Bertz CT molecular complexity index is 1080. The van der Waals surface area contributed by atoms with Crippen LogP contribution >= 0.6 is 0 Å². The molecule has 0 spiro atoms. The molecule has 0 fully saturated rings. The maximum atomic E-state index is 13.4. The summed E-state index contributed by atoms with van der Waals surface area (Å²) in [7, 11) is 1.45. The first kappa shape index (κ1) is 21.2. The monoisotopic (exact) mass is 407 g/mol. The topological polar surface area (TPSA) is 76.1 Å². The molecule has 0 unspecified atom stereocenters. The fourth-order valence-electron chi connectivity index (χ4n) is 3.41. The number of ether oxygens (including phenoxy) is 2. The van der Waals surface area contributed by atoms with Gasteiger partial charge in [-0.15, -0.1) is 0 Å². The molecule has 0 aliphatic carbocycles. The number of hydrogen-bond donors (Lipinski definition) is 1. The van der Waals surface area contributed by atoms with Crippen LogP contribution in [0.5, 0.6) is 11.5 Å². The molecule has 6 nitrogen and oxygen atoms in total. The van der Waals surface area contributed by atoms with Crippen LogP contribution in [0.1, 0.15) is 30.5 Å². The molecular formula is C24H25NO5. The number of amides is 1. The Balaban J connectivity index is 2.15. The number of phenolic OH excluding ortho intramolecular Hbond substituents is 1. The SMILES string of the molecule is CCOC(=O)C1=C(C)N(c2ccc(C)c(C)c2)C(=O)C1=Cc1ccc(O)c(OC)c1. The lowest BCUT2D eigenvalue weighted by Crippen LogP contribution is -2.24. The fraction of sp³-hybridized carbons (Fsp3) is 0.250. The molecule has 0 saturated heterocycles. The molecule has 1 N–H and O–H groups in total. The molecule has 0 atom stereocenters. The highest BCUT2D eigenvalue weighted by Crippen LogP contribution is 2.37. The third-order valence-electron chi connectivity index (χ3n) is 5.14. The lowest BCUT2D eigenvalue weighted by molar-refractivity contribution is -0.138. The zero-order valence-corrected chi connectivity index (χ0v) is 17.8. The standard InChI is InChI=1S/C24H25NO5/c1-6-30-24(28)22-16(4)25(18-9-7-14(2)15(3)11-18)23(27)19(22)12-17-8-10-20(26)21(13-17)29-5/h7-13,26H,6H2,1-5H3. The number of aryl methyl sites for hydroxylation is 2. The Hall–Kier alpha value is -3.54. The predicted molar refractivity (Wildman–Crippen MR) is 115 cm³/mol. The van der Waals surface area contributed by atoms with Crippen molar-refractivity contribution in [3.63, 3.8) is 0 Å². The van der Waals surface area contributed by atoms with Crippen molar-refractivity contribution < 1.29 is 24.2 Å². The third-order valence-corrected chi connectivity index (χ3v) is 5.14. The number of aromatic hydroxyl groups is 1. The lowest BCUT2D eigenvalue weighted by Gasteiger charge is -2.19. The summed E-state index contributed by atoms with van der Waals surface area (Å²) in [4.78, 5) is 27.6. The summed E-state index contributed by atoms with van der Waals surface area (Å²) in [5.41, 5.74) is 4.44. The Morgan fingerprint density at radius 3 is 2.47 bits per heavy atom. The van der Waals surface area contributed by atoms with Crippen molar-refractivity contribution in [1.29, 1.82) is 0 Å². The minimum absolute atomic E-state index is 0.00788. The Morgan fingerprint density at radius 2 is 1.83 bits per heavy atom. The van der Waals surface area contributed by atoms with E-state index in [1.54, 1.807) is 32.1 Å². The minimum atomic E-state index is -0.549. The highest BCUT2D eigenvalue weighted by atomic mass is 16.5. The molecule has 156 valence electrons. The van der Waals surface area contributed by atoms with Crippen LogP contribution in [0, 0.1) is 13.8 Å². The average molecular weight is 407 g/mol. The van der Waals surface area contributed by atoms with Gasteiger partial charge in [-0.2, -0.15) is 0 Å². The zero-order chi connectivity index (χ0) is 22.0. The van der Waals surface area contributed by atoms with Gasteiger partial charge in [0.05, 0.1) is 24.9 Å². The van der Waals surface area contributed by atoms with E-state index in [0.29, 0.717) is 16.9 Å². The molecule has 0 radical (unpaired) electrons. The van der Waals surface area contributed by atoms with Crippen LogP contribution in [0.4, 0.5) is 5.69 Å². The second kappa shape index (κ2) is 8.45. The molecule has 6 heteroatoms. The lowest BCUT2D eigenvalue weighted by atomic mass is 10.0. The smallest absolute Gasteiger partial charge is 0.340 e. The number of nitrogens with zero attached hydrogens (tertiary/aromatic N) is 1. The van der Waals surface area contributed by atoms with Crippen LogP contribution in [0.25, 0.3) is 6.08 Å². The number of allylic oxidation sites excluding steroid dienone is 1. The summed E-state index contributed by atoms with van der Waals surface area (Å²) in [6.45, 7) is 7.64. The van der Waals surface area contributed by atoms with E-state index < -0.39 is 5.97 Å². The van der Waals surface area contributed by atoms with Gasteiger partial charge in [0.2, 0.25) is 0 Å². The van der Waals surface area contributed by atoms with Crippen molar-refractivity contribution in [2.45, 2.75) is 27.7 Å². The van der Waals surface area contributed by atoms with Crippen LogP contribution in [0.3, 0.4) is 0 Å². The largest absolute Gasteiger partial charge is 0.504 e. The first-order valence-electron chi connectivity index (χ1n) is 9.67. The van der Waals surface area contributed by atoms with E-state index in [1.807, 2.05) is 32.0 Å². The van der Waals surface area contributed by atoms with Crippen molar-refractivity contribution in [2.24, 2.45) is 0 Å². The van der Waals surface area contributed by atoms with E-state index in [1.165, 1.54) is 18.1 Å². The molecule has 1 aliphatic rings. The second-order valence-electron chi connectivity index (χ2n) is 7.08. The maximum Gasteiger partial charge on any atom is 0.340 e. The van der Waals surface area contributed by atoms with E-state index >= 15 is 0 Å². The van der Waals surface area contributed by atoms with E-state index in [4.69, 9.17) is 9.47 Å². The molecule has 3 rings (SSSR count). The number of esters is 1. The molecule has 1 heterocycles. The van der Waals surface area contributed by atoms with Gasteiger partial charge in [-0.05, 0) is 74.7 Å². The van der Waals surface area contributed by atoms with Gasteiger partial charge in [0.15, 0.2) is 11.5 Å². The van der Waals surface area contributed by atoms with E-state index in [-0.39, 0.29) is 35.2 Å². The number of methoxy groups -OCH3 is 1. The number of anilines is 1. The van der Waals surface area contributed by atoms with Crippen molar-refractivity contribution >= 4 is 23.6 Å². The first-order chi connectivity index (χ1) is 14.3. The highest BCUT2D eigenvalue weighted by Gasteiger charge is 2.38. The Labute approximate surface area is 176 Å². The Morgan fingerprint density at radius 1 is 1.10 bits per heavy atom. The van der Waals surface area contributed by atoms with Crippen molar-refractivity contribution in [1.82, 2.24) is 0 Å². The second-order valence-corrected chi connectivity index (χ2v) is 7.08. The summed E-state index contributed by atoms with van der Waals surface area (Å²) in [5.74, 6) is -0.594. The van der Waals surface area contributed by atoms with E-state index in [9.17, 15) is 14.7 Å². The number of rotatable bonds is 5. The van der Waals surface area contributed by atoms with Gasteiger partial charge >= 0.3 is 5.97 Å². The number of carbonyl (C=O) groups excluding carboxylic acids is 2. The molecule has 2 aromatic rings. The third kappa shape index (κ3) is 3.81. The molecule has 0 aromatic heterocycles. The molecule has 0 bridgehead atoms. The molecule has 1 aliphatic heterocycles. The maximum absolute atomic E-state index is 13.4. The molecule has 0 saturated carbocycles. The summed E-state index contributed by atoms with van der Waals surface area (Å²) in [5, 5.41) is 9.83. The molecular weight excluding hydrogens is 382 g/mol. The fourth-order valence-corrected chi connectivity index (χ4v) is 3.41. The summed E-state index contributed by atoms with van der Waals surface area (Å²) in [6, 6.07) is 10.5. The molecule has 1 amide bonds. The van der Waals surface area contributed by atoms with Gasteiger partial charge in [0, 0.05) is 11.4 Å². The van der Waals surface area contributed by atoms with E-state index in [0.717, 1.165) is 11.1 Å². The van der Waals surface area contributed by atoms with Crippen LogP contribution in [0.15, 0.2) is 53.2 Å². The highest BCUT2D eigenvalue weighted by molar-refractivity contribution is 6.23. The number of carbonyl (C=O) groups is 2. The minimum Gasteiger partial charge on any atom is -0.504 e. The predicted octanol–water partition coefficient (Wildman–Crippen LogP) is 4.28. The van der Waals surface area contributed by atoms with Gasteiger partial charge in [0.25, 0.3) is 5.91 Å². The number of phenols is 1. The van der Waals surface area contributed by atoms with Crippen LogP contribution < -0.4 is 9.64 Å². The van der Waals surface area contributed by atoms with Gasteiger partial charge in [0.1, 0.15) is 0 Å². The van der Waals surface area contributed by atoms with Crippen LogP contribution in [0.2, 0.25) is 0 Å². The molecule has 2 aromatic carbocycles. The summed E-state index contributed by atoms with van der Waals surface area (Å²) < 4.78 is 10.4. The number of benzene rings is 2. The van der Waals surface area contributed by atoms with Crippen LogP contribution in [-0.4, -0.2) is 30.7 Å². The van der Waals surface area contributed by atoms with Crippen molar-refractivity contribution in [2.75, 3.05) is 18.6 Å².